The molecule has 222 valence electrons. The first kappa shape index (κ1) is 28.0. The summed E-state index contributed by atoms with van der Waals surface area (Å²) in [6.45, 7) is 5.45. The molecule has 0 fully saturated rings. The number of carbonyl (C=O) groups is 2. The minimum absolute atomic E-state index is 0.00201. The lowest BCUT2D eigenvalue weighted by Gasteiger charge is -2.38. The second kappa shape index (κ2) is 10.6. The molecule has 0 radical (unpaired) electrons. The van der Waals surface area contributed by atoms with E-state index in [-0.39, 0.29) is 49.4 Å². The lowest BCUT2D eigenvalue weighted by Crippen LogP contribution is -2.46. The third-order valence-electron chi connectivity index (χ3n) is 7.61. The number of nitrogens with zero attached hydrogens (tertiary/aromatic N) is 8. The molecule has 14 heteroatoms. The molecule has 0 unspecified atom stereocenters. The van der Waals surface area contributed by atoms with E-state index in [4.69, 9.17) is 0 Å². The zero-order valence-electron chi connectivity index (χ0n) is 23.6. The molecule has 1 N–H and O–H groups in total. The normalized spacial score (nSPS) is 16.4. The number of alkyl halides is 2. The lowest BCUT2D eigenvalue weighted by molar-refractivity contribution is -0.135. The molecule has 2 amide bonds. The van der Waals surface area contributed by atoms with E-state index in [0.717, 1.165) is 15.0 Å². The number of aryl methyl sites for hydroxylation is 1. The molecule has 4 aromatic rings. The van der Waals surface area contributed by atoms with Crippen molar-refractivity contribution in [1.29, 1.82) is 0 Å². The van der Waals surface area contributed by atoms with Gasteiger partial charge in [0, 0.05) is 44.3 Å². The van der Waals surface area contributed by atoms with Crippen molar-refractivity contribution in [2.45, 2.75) is 32.9 Å². The van der Waals surface area contributed by atoms with Gasteiger partial charge in [-0.25, -0.2) is 13.8 Å². The van der Waals surface area contributed by atoms with Crippen LogP contribution < -0.4 is 20.7 Å². The molecular weight excluding hydrogens is 560 g/mol. The first-order chi connectivity index (χ1) is 20.5. The molecule has 4 bridgehead atoms. The third kappa shape index (κ3) is 5.19. The Morgan fingerprint density at radius 1 is 1.09 bits per heavy atom. The molecular formula is C29H29F2N9O3. The van der Waals surface area contributed by atoms with E-state index in [0.29, 0.717) is 22.4 Å². The number of para-hydroxylation sites is 1. The highest BCUT2D eigenvalue weighted by Gasteiger charge is 2.36. The van der Waals surface area contributed by atoms with Gasteiger partial charge in [-0.05, 0) is 30.7 Å². The van der Waals surface area contributed by atoms with Gasteiger partial charge in [0.1, 0.15) is 11.3 Å². The van der Waals surface area contributed by atoms with Crippen molar-refractivity contribution < 1.29 is 18.4 Å². The van der Waals surface area contributed by atoms with Crippen LogP contribution in [0.4, 0.5) is 37.5 Å². The first-order valence-corrected chi connectivity index (χ1v) is 13.7. The quantitative estimate of drug-likeness (QED) is 0.354. The largest absolute Gasteiger partial charge is 0.335 e. The van der Waals surface area contributed by atoms with Crippen molar-refractivity contribution in [3.05, 3.63) is 71.4 Å². The molecule has 2 aliphatic rings. The maximum absolute atomic E-state index is 15.7. The number of halogens is 2. The standard InChI is InChI=1S/C29H29F2N9O3/c1-4-24(42)39-11-10-38(22-7-5-6-18(2)25(22)39)23-12-20-13-32-28-34-21-14-33-37(15-21)9-8-36(19(3)41)16-29(30,31)17-40(27(23)43)26(20)35-28/h4-7,12-15H,1,8-11,16-17H2,2-3H3,(H,32,34,35). The Morgan fingerprint density at radius 2 is 1.91 bits per heavy atom. The van der Waals surface area contributed by atoms with Gasteiger partial charge < -0.3 is 20.0 Å². The fourth-order valence-corrected chi connectivity index (χ4v) is 5.58. The minimum atomic E-state index is -3.48. The number of fused-ring (bicyclic) bond motifs is 4. The van der Waals surface area contributed by atoms with Crippen LogP contribution in [0.1, 0.15) is 12.5 Å². The average Bonchev–Trinajstić information content (AvgIpc) is 3.42. The van der Waals surface area contributed by atoms with Gasteiger partial charge in [0.05, 0.1) is 42.9 Å². The summed E-state index contributed by atoms with van der Waals surface area (Å²) >= 11 is 0. The molecule has 3 aromatic heterocycles. The number of aromatic nitrogens is 5. The smallest absolute Gasteiger partial charge is 0.282 e. The maximum atomic E-state index is 15.7. The molecule has 5 heterocycles. The van der Waals surface area contributed by atoms with E-state index in [1.807, 2.05) is 13.0 Å². The van der Waals surface area contributed by atoms with Crippen LogP contribution in [0.5, 0.6) is 0 Å². The van der Waals surface area contributed by atoms with Crippen molar-refractivity contribution in [3.8, 4) is 0 Å². The van der Waals surface area contributed by atoms with Crippen LogP contribution in [0.2, 0.25) is 0 Å². The predicted molar refractivity (Wildman–Crippen MR) is 157 cm³/mol. The van der Waals surface area contributed by atoms with E-state index in [2.05, 4.69) is 27.0 Å². The minimum Gasteiger partial charge on any atom is -0.335 e. The number of carbonyl (C=O) groups excluding carboxylic acids is 2. The predicted octanol–water partition coefficient (Wildman–Crippen LogP) is 3.21. The number of benzene rings is 1. The molecule has 2 aliphatic heterocycles. The van der Waals surface area contributed by atoms with Crippen molar-refractivity contribution >= 4 is 51.5 Å². The molecule has 1 aromatic carbocycles. The Bertz CT molecular complexity index is 1830. The summed E-state index contributed by atoms with van der Waals surface area (Å²) in [4.78, 5) is 52.3. The van der Waals surface area contributed by atoms with Crippen molar-refractivity contribution in [1.82, 2.24) is 29.2 Å². The number of rotatable bonds is 2. The van der Waals surface area contributed by atoms with Crippen LogP contribution in [-0.4, -0.2) is 73.1 Å². The Balaban J connectivity index is 1.53. The number of anilines is 5. The molecule has 0 saturated carbocycles. The van der Waals surface area contributed by atoms with Crippen LogP contribution in [0.15, 0.2) is 60.3 Å². The fraction of sp³-hybridized carbons (Fsp3) is 0.310. The van der Waals surface area contributed by atoms with Gasteiger partial charge in [0.2, 0.25) is 11.9 Å². The zero-order valence-corrected chi connectivity index (χ0v) is 23.6. The number of pyridine rings is 1. The number of amides is 2. The summed E-state index contributed by atoms with van der Waals surface area (Å²) in [7, 11) is 0. The summed E-state index contributed by atoms with van der Waals surface area (Å²) in [5.41, 5.74) is 2.00. The number of nitrogens with one attached hydrogen (secondary N) is 1. The van der Waals surface area contributed by atoms with Crippen LogP contribution in [0, 0.1) is 6.92 Å². The van der Waals surface area contributed by atoms with Gasteiger partial charge in [-0.1, -0.05) is 18.7 Å². The Labute approximate surface area is 244 Å². The highest BCUT2D eigenvalue weighted by atomic mass is 19.3. The maximum Gasteiger partial charge on any atom is 0.282 e. The Kier molecular flexibility index (Phi) is 6.90. The summed E-state index contributed by atoms with van der Waals surface area (Å²) < 4.78 is 34.0. The fourth-order valence-electron chi connectivity index (χ4n) is 5.58. The van der Waals surface area contributed by atoms with Crippen molar-refractivity contribution in [3.63, 3.8) is 0 Å². The summed E-state index contributed by atoms with van der Waals surface area (Å²) in [5.74, 6) is -4.18. The van der Waals surface area contributed by atoms with E-state index < -0.39 is 30.5 Å². The lowest BCUT2D eigenvalue weighted by atomic mass is 10.1. The van der Waals surface area contributed by atoms with Gasteiger partial charge in [-0.15, -0.1) is 0 Å². The molecule has 43 heavy (non-hydrogen) atoms. The van der Waals surface area contributed by atoms with E-state index in [1.54, 1.807) is 34.2 Å². The highest BCUT2D eigenvalue weighted by molar-refractivity contribution is 6.05. The monoisotopic (exact) mass is 589 g/mol. The summed E-state index contributed by atoms with van der Waals surface area (Å²) in [6, 6.07) is 7.02. The van der Waals surface area contributed by atoms with Crippen molar-refractivity contribution in [2.75, 3.05) is 41.3 Å². The molecule has 6 rings (SSSR count). The van der Waals surface area contributed by atoms with Gasteiger partial charge >= 0.3 is 0 Å². The second-order valence-electron chi connectivity index (χ2n) is 10.6. The molecule has 0 spiro atoms. The molecule has 12 nitrogen and oxygen atoms in total. The summed E-state index contributed by atoms with van der Waals surface area (Å²) in [5, 5.41) is 7.59. The number of hydrogen-bond acceptors (Lipinski definition) is 8. The van der Waals surface area contributed by atoms with Crippen LogP contribution in [-0.2, 0) is 22.7 Å². The van der Waals surface area contributed by atoms with Gasteiger partial charge in [-0.3, -0.25) is 23.6 Å². The van der Waals surface area contributed by atoms with Crippen LogP contribution >= 0.6 is 0 Å². The van der Waals surface area contributed by atoms with Gasteiger partial charge in [0.15, 0.2) is 0 Å². The first-order valence-electron chi connectivity index (χ1n) is 13.7. The van der Waals surface area contributed by atoms with Crippen LogP contribution in [0.25, 0.3) is 11.0 Å². The highest BCUT2D eigenvalue weighted by Crippen LogP contribution is 2.40. The van der Waals surface area contributed by atoms with Gasteiger partial charge in [0.25, 0.3) is 17.4 Å². The summed E-state index contributed by atoms with van der Waals surface area (Å²) in [6.07, 6.45) is 5.89. The van der Waals surface area contributed by atoms with E-state index in [9.17, 15) is 14.4 Å². The SMILES string of the molecule is C=CC(=O)N1CCN(c2cc3cnc4nc3n(c2=O)CC(F)(F)CN(C(C)=O)CCn2cc(cn2)N4)c2cccc(C)c21. The topological polar surface area (TPSA) is 121 Å². The van der Waals surface area contributed by atoms with Gasteiger partial charge in [-0.2, -0.15) is 10.1 Å². The molecule has 0 atom stereocenters. The Hall–Kier alpha value is -5.14. The third-order valence-corrected chi connectivity index (χ3v) is 7.61. The number of hydrogen-bond donors (Lipinski definition) is 1. The average molecular weight is 590 g/mol. The van der Waals surface area contributed by atoms with Crippen molar-refractivity contribution in [2.24, 2.45) is 0 Å². The molecule has 0 saturated heterocycles. The Morgan fingerprint density at radius 3 is 2.67 bits per heavy atom. The van der Waals surface area contributed by atoms with E-state index >= 15 is 8.78 Å². The molecule has 0 aliphatic carbocycles. The van der Waals surface area contributed by atoms with Crippen LogP contribution in [0.3, 0.4) is 0 Å². The van der Waals surface area contributed by atoms with E-state index in [1.165, 1.54) is 30.1 Å². The second-order valence-corrected chi connectivity index (χ2v) is 10.6. The zero-order chi connectivity index (χ0) is 30.5.